The van der Waals surface area contributed by atoms with Gasteiger partial charge in [-0.3, -0.25) is 4.18 Å². The second-order valence-electron chi connectivity index (χ2n) is 7.64. The third-order valence-corrected chi connectivity index (χ3v) is 6.34. The highest BCUT2D eigenvalue weighted by atomic mass is 32.2. The summed E-state index contributed by atoms with van der Waals surface area (Å²) in [6.07, 6.45) is 20.8. The molecule has 0 aromatic carbocycles. The molecule has 4 nitrogen and oxygen atoms in total. The van der Waals surface area contributed by atoms with Crippen LogP contribution in [0.15, 0.2) is 0 Å². The van der Waals surface area contributed by atoms with Gasteiger partial charge in [-0.2, -0.15) is 8.42 Å². The van der Waals surface area contributed by atoms with Gasteiger partial charge >= 0.3 is 0 Å². The van der Waals surface area contributed by atoms with Crippen LogP contribution in [0.2, 0.25) is 0 Å². The molecular formula is C21H44O4S. The van der Waals surface area contributed by atoms with E-state index in [1.54, 1.807) is 0 Å². The fourth-order valence-corrected chi connectivity index (χ4v) is 4.09. The molecule has 5 heteroatoms. The molecule has 1 N–H and O–H groups in total. The van der Waals surface area contributed by atoms with Gasteiger partial charge in [0.25, 0.3) is 10.1 Å². The van der Waals surface area contributed by atoms with Crippen molar-refractivity contribution in [2.45, 2.75) is 122 Å². The highest BCUT2D eigenvalue weighted by Crippen LogP contribution is 2.14. The second-order valence-corrected chi connectivity index (χ2v) is 9.42. The van der Waals surface area contributed by atoms with Crippen LogP contribution in [-0.4, -0.2) is 32.5 Å². The van der Waals surface area contributed by atoms with Gasteiger partial charge in [0.2, 0.25) is 0 Å². The summed E-state index contributed by atoms with van der Waals surface area (Å²) in [7, 11) is -2.40. The van der Waals surface area contributed by atoms with Gasteiger partial charge in [-0.25, -0.2) is 0 Å². The van der Waals surface area contributed by atoms with Crippen LogP contribution in [-0.2, 0) is 14.3 Å². The molecule has 0 saturated heterocycles. The molecule has 0 bridgehead atoms. The van der Waals surface area contributed by atoms with Gasteiger partial charge in [0.1, 0.15) is 5.75 Å². The first-order valence-electron chi connectivity index (χ1n) is 11.0. The van der Waals surface area contributed by atoms with Crippen LogP contribution in [0, 0.1) is 0 Å². The van der Waals surface area contributed by atoms with Crippen LogP contribution in [0.25, 0.3) is 0 Å². The smallest absolute Gasteiger partial charge is 0.269 e. The van der Waals surface area contributed by atoms with Crippen molar-refractivity contribution >= 4 is 10.1 Å². The lowest BCUT2D eigenvalue weighted by molar-refractivity contribution is 0.179. The minimum absolute atomic E-state index is 0.289. The molecule has 0 radical (unpaired) electrons. The monoisotopic (exact) mass is 392 g/mol. The number of aliphatic hydroxyl groups excluding tert-OH is 1. The minimum atomic E-state index is -3.54. The third-order valence-electron chi connectivity index (χ3n) is 5.04. The summed E-state index contributed by atoms with van der Waals surface area (Å²) in [5.41, 5.74) is 0. The first-order chi connectivity index (χ1) is 12.5. The van der Waals surface area contributed by atoms with E-state index in [0.29, 0.717) is 6.42 Å². The number of unbranched alkanes of at least 4 members (excludes halogenated alkanes) is 15. The van der Waals surface area contributed by atoms with Crippen LogP contribution >= 0.6 is 0 Å². The number of hydrogen-bond acceptors (Lipinski definition) is 4. The molecule has 158 valence electrons. The molecule has 0 fully saturated rings. The Bertz CT molecular complexity index is 381. The first kappa shape index (κ1) is 25.9. The zero-order chi connectivity index (χ0) is 19.5. The maximum absolute atomic E-state index is 11.2. The highest BCUT2D eigenvalue weighted by Gasteiger charge is 2.15. The minimum Gasteiger partial charge on any atom is -0.392 e. The van der Waals surface area contributed by atoms with E-state index in [9.17, 15) is 13.5 Å². The quantitative estimate of drug-likeness (QED) is 0.205. The van der Waals surface area contributed by atoms with E-state index in [2.05, 4.69) is 11.1 Å². The van der Waals surface area contributed by atoms with Crippen molar-refractivity contribution in [2.75, 3.05) is 12.9 Å². The molecule has 1 unspecified atom stereocenters. The summed E-state index contributed by atoms with van der Waals surface area (Å²) in [4.78, 5) is 0. The predicted molar refractivity (Wildman–Crippen MR) is 111 cm³/mol. The van der Waals surface area contributed by atoms with Crippen molar-refractivity contribution in [1.82, 2.24) is 0 Å². The summed E-state index contributed by atoms with van der Waals surface area (Å²) >= 11 is 0. The maximum Gasteiger partial charge on any atom is 0.269 e. The van der Waals surface area contributed by atoms with Crippen LogP contribution in [0.3, 0.4) is 0 Å². The van der Waals surface area contributed by atoms with Crippen LogP contribution in [0.4, 0.5) is 0 Å². The molecule has 0 rings (SSSR count). The van der Waals surface area contributed by atoms with Gasteiger partial charge in [0.05, 0.1) is 13.2 Å². The summed E-state index contributed by atoms with van der Waals surface area (Å²) in [5, 5.41) is 9.67. The molecule has 0 spiro atoms. The molecule has 0 aliphatic heterocycles. The van der Waals surface area contributed by atoms with Crippen molar-refractivity contribution in [3.63, 3.8) is 0 Å². The number of aliphatic hydroxyl groups is 1. The zero-order valence-corrected chi connectivity index (χ0v) is 18.2. The van der Waals surface area contributed by atoms with Crippen molar-refractivity contribution < 1.29 is 17.7 Å². The van der Waals surface area contributed by atoms with Crippen LogP contribution in [0.1, 0.15) is 116 Å². The van der Waals surface area contributed by atoms with E-state index in [-0.39, 0.29) is 5.75 Å². The Morgan fingerprint density at radius 1 is 0.692 bits per heavy atom. The molecule has 0 heterocycles. The molecule has 0 aromatic rings. The van der Waals surface area contributed by atoms with Crippen molar-refractivity contribution in [1.29, 1.82) is 0 Å². The van der Waals surface area contributed by atoms with Crippen LogP contribution in [0.5, 0.6) is 0 Å². The molecular weight excluding hydrogens is 348 g/mol. The van der Waals surface area contributed by atoms with E-state index < -0.39 is 16.2 Å². The van der Waals surface area contributed by atoms with Crippen molar-refractivity contribution in [3.8, 4) is 0 Å². The molecule has 0 amide bonds. The average molecular weight is 393 g/mol. The average Bonchev–Trinajstić information content (AvgIpc) is 2.61. The Hall–Kier alpha value is -0.130. The molecule has 0 saturated carbocycles. The lowest BCUT2D eigenvalue weighted by atomic mass is 10.0. The van der Waals surface area contributed by atoms with Gasteiger partial charge in [0.15, 0.2) is 0 Å². The Morgan fingerprint density at radius 2 is 1.04 bits per heavy atom. The fourth-order valence-electron chi connectivity index (χ4n) is 3.32. The third kappa shape index (κ3) is 18.7. The SMILES string of the molecule is CCCCCCCCCCCCCCCCCCC(O)CS(=O)(=O)OC. The molecule has 26 heavy (non-hydrogen) atoms. The predicted octanol–water partition coefficient (Wildman–Crippen LogP) is 5.98. The molecule has 0 aliphatic rings. The lowest BCUT2D eigenvalue weighted by Gasteiger charge is -2.09. The fraction of sp³-hybridized carbons (Fsp3) is 1.00. The zero-order valence-electron chi connectivity index (χ0n) is 17.4. The Morgan fingerprint density at radius 3 is 1.38 bits per heavy atom. The first-order valence-corrected chi connectivity index (χ1v) is 12.6. The Labute approximate surface area is 163 Å². The van der Waals surface area contributed by atoms with E-state index in [1.165, 1.54) is 89.9 Å². The van der Waals surface area contributed by atoms with Gasteiger partial charge < -0.3 is 5.11 Å². The normalized spacial score (nSPS) is 13.2. The molecule has 1 atom stereocenters. The second kappa shape index (κ2) is 18.2. The summed E-state index contributed by atoms with van der Waals surface area (Å²) in [6, 6.07) is 0. The largest absolute Gasteiger partial charge is 0.392 e. The van der Waals surface area contributed by atoms with E-state index in [0.717, 1.165) is 20.0 Å². The Balaban J connectivity index is 3.20. The lowest BCUT2D eigenvalue weighted by Crippen LogP contribution is -2.21. The van der Waals surface area contributed by atoms with E-state index in [4.69, 9.17) is 0 Å². The summed E-state index contributed by atoms with van der Waals surface area (Å²) in [5.74, 6) is -0.289. The number of rotatable bonds is 20. The standard InChI is InChI=1S/C21H44O4S/c1-3-4-5-6-7-8-9-10-11-12-13-14-15-16-17-18-19-21(22)20-26(23,24)25-2/h21-22H,3-20H2,1-2H3. The van der Waals surface area contributed by atoms with Gasteiger partial charge in [-0.05, 0) is 6.42 Å². The topological polar surface area (TPSA) is 63.6 Å². The Kier molecular flexibility index (Phi) is 18.2. The maximum atomic E-state index is 11.2. The van der Waals surface area contributed by atoms with Crippen LogP contribution < -0.4 is 0 Å². The van der Waals surface area contributed by atoms with Gasteiger partial charge in [-0.1, -0.05) is 110 Å². The highest BCUT2D eigenvalue weighted by molar-refractivity contribution is 7.86. The number of hydrogen-bond donors (Lipinski definition) is 1. The van der Waals surface area contributed by atoms with E-state index in [1.807, 2.05) is 0 Å². The van der Waals surface area contributed by atoms with Gasteiger partial charge in [0, 0.05) is 0 Å². The van der Waals surface area contributed by atoms with Crippen molar-refractivity contribution in [3.05, 3.63) is 0 Å². The summed E-state index contributed by atoms with van der Waals surface area (Å²) in [6.45, 7) is 2.27. The summed E-state index contributed by atoms with van der Waals surface area (Å²) < 4.78 is 26.8. The van der Waals surface area contributed by atoms with Crippen molar-refractivity contribution in [2.24, 2.45) is 0 Å². The molecule has 0 aromatic heterocycles. The van der Waals surface area contributed by atoms with E-state index >= 15 is 0 Å². The molecule has 0 aliphatic carbocycles. The van der Waals surface area contributed by atoms with Gasteiger partial charge in [-0.15, -0.1) is 0 Å².